The van der Waals surface area contributed by atoms with Gasteiger partial charge in [-0.1, -0.05) is 54.0 Å². The molecule has 7 heteroatoms. The zero-order valence-corrected chi connectivity index (χ0v) is 24.9. The van der Waals surface area contributed by atoms with Crippen LogP contribution in [0.4, 0.5) is 0 Å². The first kappa shape index (κ1) is 27.2. The minimum atomic E-state index is -1.62. The molecule has 39 heavy (non-hydrogen) atoms. The van der Waals surface area contributed by atoms with E-state index in [1.807, 2.05) is 19.9 Å². The summed E-state index contributed by atoms with van der Waals surface area (Å²) in [5.41, 5.74) is 2.41. The van der Waals surface area contributed by atoms with Gasteiger partial charge in [0.15, 0.2) is 11.6 Å². The molecule has 9 atom stereocenters. The number of methoxy groups -OCH3 is 1. The van der Waals surface area contributed by atoms with E-state index in [1.54, 1.807) is 0 Å². The Hall–Kier alpha value is -2.02. The van der Waals surface area contributed by atoms with Gasteiger partial charge in [0.1, 0.15) is 6.10 Å². The number of esters is 1. The number of amides is 1. The second kappa shape index (κ2) is 7.43. The number of epoxide rings is 1. The summed E-state index contributed by atoms with van der Waals surface area (Å²) in [7, 11) is 1.47. The van der Waals surface area contributed by atoms with Gasteiger partial charge in [0.2, 0.25) is 5.60 Å². The molecule has 0 radical (unpaired) electrons. The molecular formula is C32H45NO6. The molecule has 1 heterocycles. The molecule has 7 nitrogen and oxygen atoms in total. The fourth-order valence-electron chi connectivity index (χ4n) is 11.2. The smallest absolute Gasteiger partial charge is 0.312 e. The van der Waals surface area contributed by atoms with Crippen LogP contribution in [0.5, 0.6) is 0 Å². The fourth-order valence-corrected chi connectivity index (χ4v) is 11.2. The lowest BCUT2D eigenvalue weighted by Crippen LogP contribution is -2.68. The Morgan fingerprint density at radius 3 is 2.23 bits per heavy atom. The number of allylic oxidation sites excluding steroid dienone is 1. The van der Waals surface area contributed by atoms with Crippen molar-refractivity contribution in [3.8, 4) is 0 Å². The number of fused-ring (bicyclic) bond motifs is 9. The summed E-state index contributed by atoms with van der Waals surface area (Å²) in [6.07, 6.45) is 6.79. The number of Topliss-reactive ketones (excluding diaryl/α,β-unsaturated/α-hetero) is 1. The highest BCUT2D eigenvalue weighted by Gasteiger charge is 2.84. The Morgan fingerprint density at radius 2 is 1.62 bits per heavy atom. The number of rotatable bonds is 2. The van der Waals surface area contributed by atoms with Crippen molar-refractivity contribution in [2.24, 2.45) is 56.0 Å². The van der Waals surface area contributed by atoms with Crippen molar-refractivity contribution in [1.82, 2.24) is 0 Å². The molecule has 0 aromatic carbocycles. The molecule has 2 N–H and O–H groups in total. The lowest BCUT2D eigenvalue weighted by molar-refractivity contribution is -0.192. The van der Waals surface area contributed by atoms with Gasteiger partial charge in [0, 0.05) is 16.7 Å². The Kier molecular flexibility index (Phi) is 5.17. The molecule has 4 saturated carbocycles. The minimum Gasteiger partial charge on any atom is -0.469 e. The van der Waals surface area contributed by atoms with Crippen LogP contribution in [-0.4, -0.2) is 42.3 Å². The van der Waals surface area contributed by atoms with Crippen molar-refractivity contribution < 1.29 is 28.7 Å². The first-order valence-corrected chi connectivity index (χ1v) is 14.8. The van der Waals surface area contributed by atoms with Crippen LogP contribution in [0.25, 0.3) is 0 Å². The molecule has 1 saturated heterocycles. The van der Waals surface area contributed by atoms with Crippen molar-refractivity contribution in [1.29, 1.82) is 0 Å². The van der Waals surface area contributed by atoms with Crippen LogP contribution in [0.2, 0.25) is 0 Å². The van der Waals surface area contributed by atoms with Crippen molar-refractivity contribution in [2.45, 2.75) is 105 Å². The molecule has 0 aromatic heterocycles. The highest BCUT2D eigenvalue weighted by atomic mass is 16.6. The van der Waals surface area contributed by atoms with E-state index in [9.17, 15) is 19.2 Å². The number of ketones is 2. The molecule has 0 spiro atoms. The van der Waals surface area contributed by atoms with E-state index in [0.717, 1.165) is 44.1 Å². The standard InChI is InChI=1S/C32H45NO6/c1-26(2)11-13-31(25(37)38-8)14-12-29(6)21(17(31)16-26)18(34)15-20-28(29,5)10-9-19-27(3,4)22(35)32(24(33)36)23(39-32)30(19,20)7/h15,17,19,21,23H,9-14,16H2,1-8H3,(H2,33,36)/t17?,19-,21+,23+,28+,29+,30-,31-,32-/m0/s1. The van der Waals surface area contributed by atoms with E-state index in [-0.39, 0.29) is 51.5 Å². The fraction of sp³-hybridized carbons (Fsp3) is 0.812. The summed E-state index contributed by atoms with van der Waals surface area (Å²) in [6, 6.07) is 0. The molecule has 1 unspecified atom stereocenters. The number of hydrogen-bond donors (Lipinski definition) is 1. The van der Waals surface area contributed by atoms with Crippen molar-refractivity contribution in [3.05, 3.63) is 11.6 Å². The first-order valence-electron chi connectivity index (χ1n) is 14.8. The maximum absolute atomic E-state index is 14.5. The molecule has 1 amide bonds. The molecule has 0 bridgehead atoms. The molecule has 1 aliphatic heterocycles. The van der Waals surface area contributed by atoms with Gasteiger partial charge in [-0.15, -0.1) is 0 Å². The summed E-state index contributed by atoms with van der Waals surface area (Å²) >= 11 is 0. The molecule has 5 aliphatic carbocycles. The van der Waals surface area contributed by atoms with Gasteiger partial charge in [-0.3, -0.25) is 19.2 Å². The molecule has 5 fully saturated rings. The van der Waals surface area contributed by atoms with E-state index in [1.165, 1.54) is 7.11 Å². The Labute approximate surface area is 232 Å². The number of hydrogen-bond acceptors (Lipinski definition) is 6. The van der Waals surface area contributed by atoms with Crippen molar-refractivity contribution in [3.63, 3.8) is 0 Å². The summed E-state index contributed by atoms with van der Waals surface area (Å²) in [6.45, 7) is 15.0. The summed E-state index contributed by atoms with van der Waals surface area (Å²) in [5.74, 6) is -1.51. The van der Waals surface area contributed by atoms with Gasteiger partial charge in [-0.25, -0.2) is 0 Å². The van der Waals surface area contributed by atoms with E-state index in [0.29, 0.717) is 6.42 Å². The second-order valence-corrected chi connectivity index (χ2v) is 15.8. The third kappa shape index (κ3) is 2.84. The highest BCUT2D eigenvalue weighted by molar-refractivity contribution is 6.15. The van der Waals surface area contributed by atoms with E-state index < -0.39 is 33.9 Å². The summed E-state index contributed by atoms with van der Waals surface area (Å²) < 4.78 is 11.5. The monoisotopic (exact) mass is 539 g/mol. The molecule has 6 aliphatic rings. The van der Waals surface area contributed by atoms with Gasteiger partial charge in [0.25, 0.3) is 5.91 Å². The maximum Gasteiger partial charge on any atom is 0.312 e. The van der Waals surface area contributed by atoms with E-state index >= 15 is 0 Å². The van der Waals surface area contributed by atoms with Gasteiger partial charge in [-0.05, 0) is 79.1 Å². The van der Waals surface area contributed by atoms with Crippen LogP contribution in [0, 0.1) is 50.2 Å². The number of ether oxygens (including phenoxy) is 2. The zero-order valence-electron chi connectivity index (χ0n) is 24.9. The van der Waals surface area contributed by atoms with Crippen LogP contribution in [-0.2, 0) is 28.7 Å². The lowest BCUT2D eigenvalue weighted by Gasteiger charge is -2.69. The number of nitrogens with two attached hydrogens (primary N) is 1. The lowest BCUT2D eigenvalue weighted by atomic mass is 9.33. The third-order valence-corrected chi connectivity index (χ3v) is 13.5. The van der Waals surface area contributed by atoms with Crippen LogP contribution in [0.3, 0.4) is 0 Å². The normalized spacial score (nSPS) is 50.7. The van der Waals surface area contributed by atoms with E-state index in [4.69, 9.17) is 15.2 Å². The predicted molar refractivity (Wildman–Crippen MR) is 144 cm³/mol. The third-order valence-electron chi connectivity index (χ3n) is 13.5. The quantitative estimate of drug-likeness (QED) is 0.313. The molecule has 0 aromatic rings. The predicted octanol–water partition coefficient (Wildman–Crippen LogP) is 4.55. The second-order valence-electron chi connectivity index (χ2n) is 15.8. The first-order chi connectivity index (χ1) is 17.9. The van der Waals surface area contributed by atoms with Gasteiger partial charge in [-0.2, -0.15) is 0 Å². The number of carbonyl (C=O) groups excluding carboxylic acids is 4. The topological polar surface area (TPSA) is 116 Å². The number of primary amides is 1. The average Bonchev–Trinajstić information content (AvgIpc) is 3.62. The van der Waals surface area contributed by atoms with Crippen LogP contribution < -0.4 is 5.73 Å². The maximum atomic E-state index is 14.5. The summed E-state index contributed by atoms with van der Waals surface area (Å²) in [4.78, 5) is 54.3. The minimum absolute atomic E-state index is 0.0337. The van der Waals surface area contributed by atoms with E-state index in [2.05, 4.69) is 34.6 Å². The Balaban J connectivity index is 1.53. The SMILES string of the molecule is COC(=O)[C@]12CCC(C)(C)CC1[C@@H]1C(=O)C=C3[C@]4(C)[C@@H](CC[C@@]3(C)[C@]1(C)CC2)C(C)(C)C(=O)[C@]1(C(N)=O)O[C@@H]14. The highest BCUT2D eigenvalue weighted by Crippen LogP contribution is 2.77. The summed E-state index contributed by atoms with van der Waals surface area (Å²) in [5, 5.41) is 0. The van der Waals surface area contributed by atoms with Crippen LogP contribution in [0.1, 0.15) is 93.4 Å². The van der Waals surface area contributed by atoms with Crippen LogP contribution >= 0.6 is 0 Å². The van der Waals surface area contributed by atoms with Gasteiger partial charge < -0.3 is 15.2 Å². The molecular weight excluding hydrogens is 494 g/mol. The van der Waals surface area contributed by atoms with Crippen LogP contribution in [0.15, 0.2) is 11.6 Å². The Bertz CT molecular complexity index is 1250. The number of carbonyl (C=O) groups is 4. The van der Waals surface area contributed by atoms with Crippen molar-refractivity contribution >= 4 is 23.4 Å². The van der Waals surface area contributed by atoms with Gasteiger partial charge >= 0.3 is 5.97 Å². The molecule has 214 valence electrons. The van der Waals surface area contributed by atoms with Gasteiger partial charge in [0.05, 0.1) is 12.5 Å². The zero-order chi connectivity index (χ0) is 28.8. The van der Waals surface area contributed by atoms with Crippen molar-refractivity contribution in [2.75, 3.05) is 7.11 Å². The molecule has 6 rings (SSSR count). The Morgan fingerprint density at radius 1 is 0.974 bits per heavy atom. The average molecular weight is 540 g/mol. The largest absolute Gasteiger partial charge is 0.469 e.